The molecule has 5 nitrogen and oxygen atoms in total. The average Bonchev–Trinajstić information content (AvgIpc) is 3.11. The van der Waals surface area contributed by atoms with Gasteiger partial charge in [0.1, 0.15) is 0 Å². The first kappa shape index (κ1) is 17.0. The van der Waals surface area contributed by atoms with Gasteiger partial charge in [0.2, 0.25) is 5.91 Å². The molecule has 1 atom stereocenters. The second-order valence-electron chi connectivity index (χ2n) is 6.53. The Morgan fingerprint density at radius 1 is 1.36 bits per heavy atom. The molecule has 1 saturated carbocycles. The Morgan fingerprint density at radius 2 is 2.05 bits per heavy atom. The predicted molar refractivity (Wildman–Crippen MR) is 88.3 cm³/mol. The molecule has 122 valence electrons. The molecular formula is C16H24ClN3O2. The number of rotatable bonds is 3. The maximum absolute atomic E-state index is 12.3. The van der Waals surface area contributed by atoms with Crippen LogP contribution in [0.4, 0.5) is 0 Å². The summed E-state index contributed by atoms with van der Waals surface area (Å²) in [5.74, 6) is 0.251. The van der Waals surface area contributed by atoms with E-state index in [4.69, 9.17) is 0 Å². The minimum atomic E-state index is -0.0971. The third kappa shape index (κ3) is 3.20. The number of H-pyrrole nitrogens is 1. The van der Waals surface area contributed by atoms with Crippen LogP contribution in [0.5, 0.6) is 0 Å². The number of carbonyl (C=O) groups excluding carboxylic acids is 1. The van der Waals surface area contributed by atoms with E-state index in [0.717, 1.165) is 43.6 Å². The van der Waals surface area contributed by atoms with Crippen LogP contribution in [-0.4, -0.2) is 24.0 Å². The number of aryl methyl sites for hydroxylation is 2. The van der Waals surface area contributed by atoms with E-state index < -0.39 is 0 Å². The highest BCUT2D eigenvalue weighted by atomic mass is 35.5. The molecule has 1 spiro atoms. The fourth-order valence-electron chi connectivity index (χ4n) is 3.60. The van der Waals surface area contributed by atoms with Crippen LogP contribution in [0, 0.1) is 25.2 Å². The summed E-state index contributed by atoms with van der Waals surface area (Å²) in [5.41, 5.74) is 2.59. The van der Waals surface area contributed by atoms with E-state index in [9.17, 15) is 9.59 Å². The molecule has 3 rings (SSSR count). The van der Waals surface area contributed by atoms with Crippen LogP contribution < -0.4 is 16.2 Å². The van der Waals surface area contributed by atoms with Crippen molar-refractivity contribution in [2.75, 3.05) is 13.1 Å². The van der Waals surface area contributed by atoms with Gasteiger partial charge in [-0.1, -0.05) is 0 Å². The maximum atomic E-state index is 12.3. The summed E-state index contributed by atoms with van der Waals surface area (Å²) in [6.45, 7) is 6.13. The monoisotopic (exact) mass is 325 g/mol. The fraction of sp³-hybridized carbons (Fsp3) is 0.625. The molecule has 2 fully saturated rings. The van der Waals surface area contributed by atoms with Gasteiger partial charge in [-0.05, 0) is 63.2 Å². The van der Waals surface area contributed by atoms with Crippen molar-refractivity contribution in [1.29, 1.82) is 0 Å². The average molecular weight is 326 g/mol. The lowest BCUT2D eigenvalue weighted by Gasteiger charge is -2.23. The number of piperidine rings is 1. The molecule has 1 amide bonds. The molecule has 2 heterocycles. The molecule has 0 aromatic carbocycles. The van der Waals surface area contributed by atoms with Crippen molar-refractivity contribution in [2.45, 2.75) is 39.7 Å². The molecule has 0 radical (unpaired) electrons. The molecule has 22 heavy (non-hydrogen) atoms. The SMILES string of the molecule is Cc1cc(C)c(CNC(=O)C2CC23CCNCC3)c(=O)[nH]1.Cl. The highest BCUT2D eigenvalue weighted by molar-refractivity contribution is 5.85. The summed E-state index contributed by atoms with van der Waals surface area (Å²) in [6.07, 6.45) is 3.19. The number of amides is 1. The maximum Gasteiger partial charge on any atom is 0.253 e. The Kier molecular flexibility index (Phi) is 4.97. The number of nitrogens with one attached hydrogen (secondary N) is 3. The summed E-state index contributed by atoms with van der Waals surface area (Å²) < 4.78 is 0. The number of hydrogen-bond donors (Lipinski definition) is 3. The lowest BCUT2D eigenvalue weighted by molar-refractivity contribution is -0.123. The lowest BCUT2D eigenvalue weighted by Crippen LogP contribution is -2.34. The molecule has 2 aliphatic rings. The van der Waals surface area contributed by atoms with E-state index in [1.54, 1.807) is 0 Å². The largest absolute Gasteiger partial charge is 0.352 e. The van der Waals surface area contributed by atoms with Crippen molar-refractivity contribution in [3.05, 3.63) is 33.2 Å². The minimum absolute atomic E-state index is 0. The fourth-order valence-corrected chi connectivity index (χ4v) is 3.60. The molecule has 6 heteroatoms. The summed E-state index contributed by atoms with van der Waals surface area (Å²) >= 11 is 0. The Hall–Kier alpha value is -1.33. The summed E-state index contributed by atoms with van der Waals surface area (Å²) in [6, 6.07) is 1.94. The van der Waals surface area contributed by atoms with Crippen LogP contribution >= 0.6 is 12.4 Å². The first-order valence-electron chi connectivity index (χ1n) is 7.70. The molecule has 1 unspecified atom stereocenters. The molecular weight excluding hydrogens is 302 g/mol. The number of aromatic nitrogens is 1. The Balaban J connectivity index is 0.00000176. The molecule has 1 aromatic rings. The van der Waals surface area contributed by atoms with Gasteiger partial charge < -0.3 is 15.6 Å². The van der Waals surface area contributed by atoms with Gasteiger partial charge in [0.15, 0.2) is 0 Å². The second-order valence-corrected chi connectivity index (χ2v) is 6.53. The Labute approximate surface area is 136 Å². The van der Waals surface area contributed by atoms with Gasteiger partial charge in [-0.15, -0.1) is 12.4 Å². The zero-order chi connectivity index (χ0) is 15.0. The first-order chi connectivity index (χ1) is 10.0. The zero-order valence-electron chi connectivity index (χ0n) is 13.1. The van der Waals surface area contributed by atoms with Crippen LogP contribution in [0.15, 0.2) is 10.9 Å². The summed E-state index contributed by atoms with van der Waals surface area (Å²) in [5, 5.41) is 6.29. The van der Waals surface area contributed by atoms with Crippen LogP contribution in [0.2, 0.25) is 0 Å². The van der Waals surface area contributed by atoms with Crippen LogP contribution in [-0.2, 0) is 11.3 Å². The molecule has 1 saturated heterocycles. The second kappa shape index (κ2) is 6.42. The van der Waals surface area contributed by atoms with Gasteiger partial charge in [-0.2, -0.15) is 0 Å². The lowest BCUT2D eigenvalue weighted by atomic mass is 9.92. The van der Waals surface area contributed by atoms with Gasteiger partial charge in [-0.3, -0.25) is 9.59 Å². The number of aromatic amines is 1. The predicted octanol–water partition coefficient (Wildman–Crippen LogP) is 1.42. The van der Waals surface area contributed by atoms with Crippen molar-refractivity contribution in [2.24, 2.45) is 11.3 Å². The standard InChI is InChI=1S/C16H23N3O2.ClH/c1-10-7-11(2)19-14(20)12(10)9-18-15(21)13-8-16(13)3-5-17-6-4-16;/h7,13,17H,3-6,8-9H2,1-2H3,(H,18,21)(H,19,20);1H. The van der Waals surface area contributed by atoms with Gasteiger partial charge in [0.05, 0.1) is 0 Å². The van der Waals surface area contributed by atoms with Crippen molar-refractivity contribution in [3.8, 4) is 0 Å². The number of halogens is 1. The highest BCUT2D eigenvalue weighted by Crippen LogP contribution is 2.58. The minimum Gasteiger partial charge on any atom is -0.352 e. The van der Waals surface area contributed by atoms with E-state index in [0.29, 0.717) is 12.1 Å². The quantitative estimate of drug-likeness (QED) is 0.787. The summed E-state index contributed by atoms with van der Waals surface area (Å²) in [4.78, 5) is 27.0. The molecule has 1 aromatic heterocycles. The third-order valence-electron chi connectivity index (χ3n) is 5.04. The van der Waals surface area contributed by atoms with E-state index in [1.165, 1.54) is 0 Å². The first-order valence-corrected chi connectivity index (χ1v) is 7.70. The molecule has 1 aliphatic carbocycles. The summed E-state index contributed by atoms with van der Waals surface area (Å²) in [7, 11) is 0. The third-order valence-corrected chi connectivity index (χ3v) is 5.04. The van der Waals surface area contributed by atoms with E-state index in [1.807, 2.05) is 19.9 Å². The number of carbonyl (C=O) groups is 1. The van der Waals surface area contributed by atoms with Crippen LogP contribution in [0.1, 0.15) is 36.1 Å². The topological polar surface area (TPSA) is 74.0 Å². The van der Waals surface area contributed by atoms with Crippen LogP contribution in [0.3, 0.4) is 0 Å². The number of pyridine rings is 1. The zero-order valence-corrected chi connectivity index (χ0v) is 13.9. The van der Waals surface area contributed by atoms with Crippen molar-refractivity contribution < 1.29 is 4.79 Å². The Morgan fingerprint density at radius 3 is 2.68 bits per heavy atom. The molecule has 0 bridgehead atoms. The normalized spacial score (nSPS) is 22.0. The number of hydrogen-bond acceptors (Lipinski definition) is 3. The van der Waals surface area contributed by atoms with Crippen LogP contribution in [0.25, 0.3) is 0 Å². The van der Waals surface area contributed by atoms with E-state index in [2.05, 4.69) is 15.6 Å². The Bertz CT molecular complexity index is 620. The van der Waals surface area contributed by atoms with E-state index >= 15 is 0 Å². The van der Waals surface area contributed by atoms with Gasteiger partial charge in [0, 0.05) is 23.7 Å². The van der Waals surface area contributed by atoms with Gasteiger partial charge in [-0.25, -0.2) is 0 Å². The highest BCUT2D eigenvalue weighted by Gasteiger charge is 2.57. The molecule has 3 N–H and O–H groups in total. The van der Waals surface area contributed by atoms with Crippen molar-refractivity contribution in [1.82, 2.24) is 15.6 Å². The van der Waals surface area contributed by atoms with Gasteiger partial charge in [0.25, 0.3) is 5.56 Å². The van der Waals surface area contributed by atoms with Crippen molar-refractivity contribution in [3.63, 3.8) is 0 Å². The van der Waals surface area contributed by atoms with Gasteiger partial charge >= 0.3 is 0 Å². The van der Waals surface area contributed by atoms with E-state index in [-0.39, 0.29) is 35.2 Å². The smallest absolute Gasteiger partial charge is 0.253 e. The molecule has 1 aliphatic heterocycles. The van der Waals surface area contributed by atoms with Crippen molar-refractivity contribution >= 4 is 18.3 Å².